The lowest BCUT2D eigenvalue weighted by Crippen LogP contribution is -2.44. The first-order chi connectivity index (χ1) is 7.97. The Balaban J connectivity index is 2.63. The van der Waals surface area contributed by atoms with Crippen molar-refractivity contribution in [2.45, 2.75) is 72.3 Å². The standard InChI is InChI=1S/C16H31N/c1-6-17-15(11-10-13(2)3)14-9-7-8-12-16(14,4)5/h14-15,17H,2,6-12H2,1,3-5H3. The summed E-state index contributed by atoms with van der Waals surface area (Å²) in [6, 6.07) is 0.687. The molecule has 0 aromatic rings. The van der Waals surface area contributed by atoms with E-state index in [0.29, 0.717) is 11.5 Å². The lowest BCUT2D eigenvalue weighted by atomic mass is 9.65. The van der Waals surface area contributed by atoms with E-state index in [9.17, 15) is 0 Å². The van der Waals surface area contributed by atoms with Crippen LogP contribution in [-0.2, 0) is 0 Å². The zero-order chi connectivity index (χ0) is 12.9. The molecule has 0 heterocycles. The lowest BCUT2D eigenvalue weighted by Gasteiger charge is -2.43. The Morgan fingerprint density at radius 3 is 2.65 bits per heavy atom. The molecule has 1 saturated carbocycles. The molecule has 0 aliphatic heterocycles. The van der Waals surface area contributed by atoms with Crippen LogP contribution in [0.3, 0.4) is 0 Å². The molecular weight excluding hydrogens is 206 g/mol. The van der Waals surface area contributed by atoms with Crippen molar-refractivity contribution >= 4 is 0 Å². The summed E-state index contributed by atoms with van der Waals surface area (Å²) >= 11 is 0. The predicted octanol–water partition coefficient (Wildman–Crippen LogP) is 4.54. The molecule has 0 aromatic carbocycles. The highest BCUT2D eigenvalue weighted by Crippen LogP contribution is 2.43. The van der Waals surface area contributed by atoms with Crippen molar-refractivity contribution in [2.24, 2.45) is 11.3 Å². The van der Waals surface area contributed by atoms with E-state index in [1.54, 1.807) is 0 Å². The molecular formula is C16H31N. The van der Waals surface area contributed by atoms with Gasteiger partial charge >= 0.3 is 0 Å². The van der Waals surface area contributed by atoms with Crippen molar-refractivity contribution < 1.29 is 0 Å². The molecule has 1 aliphatic rings. The van der Waals surface area contributed by atoms with Gasteiger partial charge in [-0.25, -0.2) is 0 Å². The van der Waals surface area contributed by atoms with Crippen LogP contribution in [0.5, 0.6) is 0 Å². The third kappa shape index (κ3) is 4.46. The molecule has 0 aromatic heterocycles. The summed E-state index contributed by atoms with van der Waals surface area (Å²) in [4.78, 5) is 0. The van der Waals surface area contributed by atoms with Gasteiger partial charge in [-0.05, 0) is 50.5 Å². The van der Waals surface area contributed by atoms with E-state index in [1.807, 2.05) is 0 Å². The van der Waals surface area contributed by atoms with E-state index in [2.05, 4.69) is 39.6 Å². The number of hydrogen-bond donors (Lipinski definition) is 1. The Labute approximate surface area is 108 Å². The van der Waals surface area contributed by atoms with Gasteiger partial charge in [-0.3, -0.25) is 0 Å². The molecule has 1 rings (SSSR count). The normalized spacial score (nSPS) is 25.5. The number of nitrogens with one attached hydrogen (secondary N) is 1. The largest absolute Gasteiger partial charge is 0.314 e. The van der Waals surface area contributed by atoms with Crippen molar-refractivity contribution in [3.8, 4) is 0 Å². The highest BCUT2D eigenvalue weighted by molar-refractivity contribution is 4.94. The number of hydrogen-bond acceptors (Lipinski definition) is 1. The fraction of sp³-hybridized carbons (Fsp3) is 0.875. The molecule has 1 N–H and O–H groups in total. The van der Waals surface area contributed by atoms with Crippen molar-refractivity contribution in [1.82, 2.24) is 5.32 Å². The fourth-order valence-electron chi connectivity index (χ4n) is 3.38. The van der Waals surface area contributed by atoms with Gasteiger partial charge in [0.2, 0.25) is 0 Å². The molecule has 1 nitrogen and oxygen atoms in total. The summed E-state index contributed by atoms with van der Waals surface area (Å²) in [6.45, 7) is 14.4. The zero-order valence-corrected chi connectivity index (χ0v) is 12.3. The SMILES string of the molecule is C=C(C)CCC(NCC)C1CCCCC1(C)C. The molecule has 1 fully saturated rings. The van der Waals surface area contributed by atoms with E-state index >= 15 is 0 Å². The summed E-state index contributed by atoms with van der Waals surface area (Å²) in [5.41, 5.74) is 1.83. The van der Waals surface area contributed by atoms with Crippen LogP contribution in [-0.4, -0.2) is 12.6 Å². The predicted molar refractivity (Wildman–Crippen MR) is 77.3 cm³/mol. The molecule has 0 bridgehead atoms. The van der Waals surface area contributed by atoms with Crippen LogP contribution in [0.2, 0.25) is 0 Å². The first-order valence-electron chi connectivity index (χ1n) is 7.35. The van der Waals surface area contributed by atoms with Crippen molar-refractivity contribution in [3.05, 3.63) is 12.2 Å². The van der Waals surface area contributed by atoms with Crippen molar-refractivity contribution in [1.29, 1.82) is 0 Å². The first kappa shape index (κ1) is 14.8. The Morgan fingerprint density at radius 1 is 1.41 bits per heavy atom. The molecule has 0 saturated heterocycles. The van der Waals surface area contributed by atoms with Gasteiger partial charge in [0.25, 0.3) is 0 Å². The summed E-state index contributed by atoms with van der Waals surface area (Å²) in [6.07, 6.45) is 8.07. The quantitative estimate of drug-likeness (QED) is 0.669. The minimum absolute atomic E-state index is 0.514. The second kappa shape index (κ2) is 6.58. The Bertz CT molecular complexity index is 242. The van der Waals surface area contributed by atoms with Crippen LogP contribution in [0, 0.1) is 11.3 Å². The molecule has 100 valence electrons. The van der Waals surface area contributed by atoms with Crippen molar-refractivity contribution in [2.75, 3.05) is 6.54 Å². The molecule has 1 aliphatic carbocycles. The Morgan fingerprint density at radius 2 is 2.12 bits per heavy atom. The van der Waals surface area contributed by atoms with Crippen LogP contribution in [0.15, 0.2) is 12.2 Å². The van der Waals surface area contributed by atoms with Gasteiger partial charge in [0, 0.05) is 6.04 Å². The molecule has 0 spiro atoms. The molecule has 2 atom stereocenters. The lowest BCUT2D eigenvalue weighted by molar-refractivity contribution is 0.0954. The van der Waals surface area contributed by atoms with Crippen LogP contribution >= 0.6 is 0 Å². The van der Waals surface area contributed by atoms with Crippen LogP contribution in [0.1, 0.15) is 66.2 Å². The molecule has 2 unspecified atom stereocenters. The van der Waals surface area contributed by atoms with Gasteiger partial charge in [-0.15, -0.1) is 6.58 Å². The number of rotatable bonds is 6. The van der Waals surface area contributed by atoms with E-state index in [1.165, 1.54) is 44.1 Å². The third-order valence-electron chi connectivity index (χ3n) is 4.42. The third-order valence-corrected chi connectivity index (χ3v) is 4.42. The zero-order valence-electron chi connectivity index (χ0n) is 12.3. The van der Waals surface area contributed by atoms with Gasteiger partial charge < -0.3 is 5.32 Å². The topological polar surface area (TPSA) is 12.0 Å². The van der Waals surface area contributed by atoms with E-state index in [0.717, 1.165) is 12.5 Å². The highest BCUT2D eigenvalue weighted by Gasteiger charge is 2.36. The minimum atomic E-state index is 0.514. The second-order valence-corrected chi connectivity index (χ2v) is 6.50. The monoisotopic (exact) mass is 237 g/mol. The summed E-state index contributed by atoms with van der Waals surface area (Å²) < 4.78 is 0. The molecule has 1 heteroatoms. The maximum absolute atomic E-state index is 4.04. The Kier molecular flexibility index (Phi) is 5.72. The minimum Gasteiger partial charge on any atom is -0.314 e. The number of allylic oxidation sites excluding steroid dienone is 1. The molecule has 0 radical (unpaired) electrons. The van der Waals surface area contributed by atoms with Gasteiger partial charge in [0.1, 0.15) is 0 Å². The van der Waals surface area contributed by atoms with E-state index in [4.69, 9.17) is 0 Å². The van der Waals surface area contributed by atoms with Gasteiger partial charge in [0.05, 0.1) is 0 Å². The van der Waals surface area contributed by atoms with E-state index < -0.39 is 0 Å². The summed E-state index contributed by atoms with van der Waals surface area (Å²) in [7, 11) is 0. The average molecular weight is 237 g/mol. The van der Waals surface area contributed by atoms with Crippen LogP contribution in [0.4, 0.5) is 0 Å². The van der Waals surface area contributed by atoms with E-state index in [-0.39, 0.29) is 0 Å². The first-order valence-corrected chi connectivity index (χ1v) is 7.35. The molecule has 0 amide bonds. The molecule has 17 heavy (non-hydrogen) atoms. The highest BCUT2D eigenvalue weighted by atomic mass is 14.9. The van der Waals surface area contributed by atoms with Crippen molar-refractivity contribution in [3.63, 3.8) is 0 Å². The van der Waals surface area contributed by atoms with Gasteiger partial charge in [0.15, 0.2) is 0 Å². The second-order valence-electron chi connectivity index (χ2n) is 6.50. The smallest absolute Gasteiger partial charge is 0.0103 e. The maximum atomic E-state index is 4.04. The average Bonchev–Trinajstić information content (AvgIpc) is 2.24. The van der Waals surface area contributed by atoms with Crippen LogP contribution < -0.4 is 5.32 Å². The summed E-state index contributed by atoms with van der Waals surface area (Å²) in [5, 5.41) is 3.72. The van der Waals surface area contributed by atoms with Crippen LogP contribution in [0.25, 0.3) is 0 Å². The van der Waals surface area contributed by atoms with Gasteiger partial charge in [-0.2, -0.15) is 0 Å². The maximum Gasteiger partial charge on any atom is 0.0103 e. The fourth-order valence-corrected chi connectivity index (χ4v) is 3.38. The Hall–Kier alpha value is -0.300. The van der Waals surface area contributed by atoms with Gasteiger partial charge in [-0.1, -0.05) is 39.2 Å². The summed E-state index contributed by atoms with van der Waals surface area (Å²) in [5.74, 6) is 0.843.